The molecule has 138 valence electrons. The molecule has 25 heavy (non-hydrogen) atoms. The van der Waals surface area contributed by atoms with Crippen molar-refractivity contribution in [3.05, 3.63) is 29.8 Å². The minimum Gasteiger partial charge on any atom is -0.481 e. The van der Waals surface area contributed by atoms with Crippen LogP contribution in [0.3, 0.4) is 0 Å². The molecule has 0 aliphatic rings. The molecule has 0 atom stereocenters. The summed E-state index contributed by atoms with van der Waals surface area (Å²) in [7, 11) is 0. The van der Waals surface area contributed by atoms with Crippen molar-refractivity contribution in [3.63, 3.8) is 0 Å². The van der Waals surface area contributed by atoms with Crippen LogP contribution < -0.4 is 16.0 Å². The Labute approximate surface area is 148 Å². The highest BCUT2D eigenvalue weighted by Gasteiger charge is 2.21. The van der Waals surface area contributed by atoms with Crippen molar-refractivity contribution >= 4 is 23.6 Å². The van der Waals surface area contributed by atoms with E-state index in [1.54, 1.807) is 38.1 Å². The zero-order chi connectivity index (χ0) is 19.3. The van der Waals surface area contributed by atoms with Crippen molar-refractivity contribution in [2.24, 2.45) is 0 Å². The van der Waals surface area contributed by atoms with E-state index >= 15 is 0 Å². The van der Waals surface area contributed by atoms with Crippen molar-refractivity contribution in [3.8, 4) is 0 Å². The van der Waals surface area contributed by atoms with E-state index in [4.69, 9.17) is 5.11 Å². The molecular formula is C18H27N3O4. The average molecular weight is 349 g/mol. The molecule has 7 heteroatoms. The maximum atomic E-state index is 12.0. The van der Waals surface area contributed by atoms with Gasteiger partial charge in [0.2, 0.25) is 0 Å². The van der Waals surface area contributed by atoms with Gasteiger partial charge in [0.05, 0.1) is 0 Å². The average Bonchev–Trinajstić information content (AvgIpc) is 2.43. The lowest BCUT2D eigenvalue weighted by Gasteiger charge is -2.25. The number of nitrogens with one attached hydrogen (secondary N) is 3. The van der Waals surface area contributed by atoms with Gasteiger partial charge in [-0.05, 0) is 65.3 Å². The minimum atomic E-state index is -0.903. The molecule has 0 aromatic heterocycles. The maximum absolute atomic E-state index is 12.0. The van der Waals surface area contributed by atoms with E-state index in [2.05, 4.69) is 16.0 Å². The predicted octanol–water partition coefficient (Wildman–Crippen LogP) is 2.98. The zero-order valence-corrected chi connectivity index (χ0v) is 15.4. The van der Waals surface area contributed by atoms with Crippen molar-refractivity contribution < 1.29 is 19.5 Å². The van der Waals surface area contributed by atoms with Crippen LogP contribution in [0.15, 0.2) is 24.3 Å². The number of carboxylic acids is 1. The first-order valence-electron chi connectivity index (χ1n) is 8.11. The number of rotatable bonds is 6. The molecule has 0 heterocycles. The topological polar surface area (TPSA) is 108 Å². The van der Waals surface area contributed by atoms with Gasteiger partial charge in [0.25, 0.3) is 5.91 Å². The molecule has 0 saturated heterocycles. The first kappa shape index (κ1) is 20.5. The number of benzene rings is 1. The van der Waals surface area contributed by atoms with Crippen LogP contribution in [0.25, 0.3) is 0 Å². The molecule has 7 nitrogen and oxygen atoms in total. The fourth-order valence-corrected chi connectivity index (χ4v) is 2.07. The lowest BCUT2D eigenvalue weighted by atomic mass is 9.99. The molecule has 0 spiro atoms. The molecule has 3 amide bonds. The molecule has 0 aliphatic heterocycles. The van der Waals surface area contributed by atoms with E-state index in [9.17, 15) is 14.4 Å². The van der Waals surface area contributed by atoms with Crippen molar-refractivity contribution in [2.45, 2.75) is 58.5 Å². The van der Waals surface area contributed by atoms with Crippen molar-refractivity contribution in [2.75, 3.05) is 5.32 Å². The number of carbonyl (C=O) groups excluding carboxylic acids is 2. The number of carbonyl (C=O) groups is 3. The van der Waals surface area contributed by atoms with E-state index < -0.39 is 17.5 Å². The van der Waals surface area contributed by atoms with Gasteiger partial charge >= 0.3 is 12.0 Å². The van der Waals surface area contributed by atoms with Crippen LogP contribution in [0.4, 0.5) is 10.5 Å². The van der Waals surface area contributed by atoms with Gasteiger partial charge in [0.15, 0.2) is 0 Å². The summed E-state index contributed by atoms with van der Waals surface area (Å²) in [6.07, 6.45) is 0.298. The number of hydrogen-bond donors (Lipinski definition) is 4. The quantitative estimate of drug-likeness (QED) is 0.633. The van der Waals surface area contributed by atoms with Crippen LogP contribution in [-0.4, -0.2) is 34.1 Å². The van der Waals surface area contributed by atoms with Gasteiger partial charge in [-0.15, -0.1) is 0 Å². The molecule has 1 rings (SSSR count). The second-order valence-corrected chi connectivity index (χ2v) is 7.64. The highest BCUT2D eigenvalue weighted by Crippen LogP contribution is 2.14. The highest BCUT2D eigenvalue weighted by atomic mass is 16.4. The van der Waals surface area contributed by atoms with Gasteiger partial charge in [-0.25, -0.2) is 4.79 Å². The van der Waals surface area contributed by atoms with E-state index in [0.717, 1.165) is 0 Å². The van der Waals surface area contributed by atoms with E-state index in [-0.39, 0.29) is 17.9 Å². The number of hydrogen-bond acceptors (Lipinski definition) is 3. The summed E-state index contributed by atoms with van der Waals surface area (Å²) in [5.41, 5.74) is 0.0752. The monoisotopic (exact) mass is 349 g/mol. The Morgan fingerprint density at radius 3 is 2.00 bits per heavy atom. The second-order valence-electron chi connectivity index (χ2n) is 7.64. The summed E-state index contributed by atoms with van der Waals surface area (Å²) in [5.74, 6) is -1.09. The minimum absolute atomic E-state index is 0.0230. The van der Waals surface area contributed by atoms with Gasteiger partial charge < -0.3 is 21.1 Å². The van der Waals surface area contributed by atoms with Crippen LogP contribution in [-0.2, 0) is 4.79 Å². The lowest BCUT2D eigenvalue weighted by molar-refractivity contribution is -0.137. The summed E-state index contributed by atoms with van der Waals surface area (Å²) < 4.78 is 0. The Morgan fingerprint density at radius 2 is 1.52 bits per heavy atom. The molecule has 1 aromatic rings. The Morgan fingerprint density at radius 1 is 0.960 bits per heavy atom. The van der Waals surface area contributed by atoms with Gasteiger partial charge in [-0.2, -0.15) is 0 Å². The first-order chi connectivity index (χ1) is 11.4. The third kappa shape index (κ3) is 8.19. The molecule has 0 saturated carbocycles. The molecule has 0 unspecified atom stereocenters. The summed E-state index contributed by atoms with van der Waals surface area (Å²) in [5, 5.41) is 17.0. The van der Waals surface area contributed by atoms with Crippen LogP contribution >= 0.6 is 0 Å². The lowest BCUT2D eigenvalue weighted by Crippen LogP contribution is -2.45. The fourth-order valence-electron chi connectivity index (χ4n) is 2.07. The molecular weight excluding hydrogens is 322 g/mol. The van der Waals surface area contributed by atoms with E-state index in [0.29, 0.717) is 17.7 Å². The van der Waals surface area contributed by atoms with Crippen LogP contribution in [0, 0.1) is 0 Å². The predicted molar refractivity (Wildman–Crippen MR) is 96.8 cm³/mol. The molecule has 1 aromatic carbocycles. The Hall–Kier alpha value is -2.57. The molecule has 0 bridgehead atoms. The highest BCUT2D eigenvalue weighted by molar-refractivity contribution is 5.96. The molecule has 0 aliphatic carbocycles. The summed E-state index contributed by atoms with van der Waals surface area (Å²) in [6, 6.07) is 6.11. The smallest absolute Gasteiger partial charge is 0.319 e. The molecule has 0 fully saturated rings. The normalized spacial score (nSPS) is 11.6. The Balaban J connectivity index is 2.61. The van der Waals surface area contributed by atoms with Gasteiger partial charge in [-0.3, -0.25) is 9.59 Å². The van der Waals surface area contributed by atoms with Crippen molar-refractivity contribution in [1.29, 1.82) is 0 Å². The summed E-state index contributed by atoms with van der Waals surface area (Å²) in [4.78, 5) is 34.7. The molecule has 0 radical (unpaired) electrons. The van der Waals surface area contributed by atoms with Gasteiger partial charge in [0.1, 0.15) is 0 Å². The van der Waals surface area contributed by atoms with E-state index in [1.165, 1.54) is 0 Å². The number of aliphatic carboxylic acids is 1. The third-order valence-corrected chi connectivity index (χ3v) is 3.31. The third-order valence-electron chi connectivity index (χ3n) is 3.31. The van der Waals surface area contributed by atoms with Gasteiger partial charge in [-0.1, -0.05) is 0 Å². The van der Waals surface area contributed by atoms with Crippen molar-refractivity contribution in [1.82, 2.24) is 10.6 Å². The van der Waals surface area contributed by atoms with Crippen LogP contribution in [0.5, 0.6) is 0 Å². The SMILES string of the molecule is CC(C)(C)NC(=O)c1ccc(NC(=O)NC(C)(C)CCC(=O)O)cc1. The van der Waals surface area contributed by atoms with Crippen LogP contribution in [0.2, 0.25) is 0 Å². The summed E-state index contributed by atoms with van der Waals surface area (Å²) in [6.45, 7) is 9.22. The molecule has 4 N–H and O–H groups in total. The first-order valence-corrected chi connectivity index (χ1v) is 8.11. The zero-order valence-electron chi connectivity index (χ0n) is 15.4. The number of anilines is 1. The Kier molecular flexibility index (Phi) is 6.55. The fraction of sp³-hybridized carbons (Fsp3) is 0.500. The number of urea groups is 1. The number of carboxylic acid groups (broad SMARTS) is 1. The number of amides is 3. The maximum Gasteiger partial charge on any atom is 0.319 e. The Bertz CT molecular complexity index is 631. The largest absolute Gasteiger partial charge is 0.481 e. The standard InChI is InChI=1S/C18H27N3O4/c1-17(2,3)20-15(24)12-6-8-13(9-7-12)19-16(25)21-18(4,5)11-10-14(22)23/h6-9H,10-11H2,1-5H3,(H,20,24)(H,22,23)(H2,19,21,25). The van der Waals surface area contributed by atoms with Crippen LogP contribution in [0.1, 0.15) is 57.8 Å². The van der Waals surface area contributed by atoms with Gasteiger partial charge in [0, 0.05) is 28.7 Å². The summed E-state index contributed by atoms with van der Waals surface area (Å²) >= 11 is 0. The second kappa shape index (κ2) is 8.00. The van der Waals surface area contributed by atoms with E-state index in [1.807, 2.05) is 20.8 Å².